The van der Waals surface area contributed by atoms with Crippen molar-refractivity contribution in [3.63, 3.8) is 0 Å². The summed E-state index contributed by atoms with van der Waals surface area (Å²) in [6.45, 7) is 5.43. The van der Waals surface area contributed by atoms with Crippen LogP contribution in [0.25, 0.3) is 0 Å². The quantitative estimate of drug-likeness (QED) is 0.847. The van der Waals surface area contributed by atoms with Gasteiger partial charge in [-0.2, -0.15) is 0 Å². The zero-order valence-corrected chi connectivity index (χ0v) is 12.8. The lowest BCUT2D eigenvalue weighted by molar-refractivity contribution is -0.126. The highest BCUT2D eigenvalue weighted by molar-refractivity contribution is 9.10. The Balaban J connectivity index is 2.54. The lowest BCUT2D eigenvalue weighted by atomic mass is 9.95. The van der Waals surface area contributed by atoms with Gasteiger partial charge in [-0.25, -0.2) is 0 Å². The third kappa shape index (κ3) is 4.78. The monoisotopic (exact) mass is 312 g/mol. The molecule has 1 unspecified atom stereocenters. The van der Waals surface area contributed by atoms with Crippen molar-refractivity contribution < 1.29 is 4.79 Å². The fourth-order valence-electron chi connectivity index (χ4n) is 1.82. The maximum absolute atomic E-state index is 12.1. The van der Waals surface area contributed by atoms with Crippen LogP contribution < -0.4 is 10.6 Å². The molecule has 0 spiro atoms. The van der Waals surface area contributed by atoms with Crippen LogP contribution in [0.3, 0.4) is 0 Å². The van der Waals surface area contributed by atoms with E-state index in [4.69, 9.17) is 0 Å². The van der Waals surface area contributed by atoms with Crippen molar-refractivity contribution in [2.24, 2.45) is 11.8 Å². The van der Waals surface area contributed by atoms with E-state index in [9.17, 15) is 4.79 Å². The molecule has 1 aromatic carbocycles. The Labute approximate surface area is 117 Å². The van der Waals surface area contributed by atoms with Gasteiger partial charge in [-0.3, -0.25) is 4.79 Å². The van der Waals surface area contributed by atoms with Crippen molar-refractivity contribution in [2.75, 3.05) is 13.6 Å². The van der Waals surface area contributed by atoms with Crippen LogP contribution in [0.5, 0.6) is 0 Å². The second kappa shape index (κ2) is 7.54. The summed E-state index contributed by atoms with van der Waals surface area (Å²) in [5.74, 6) is 0.460. The molecule has 0 saturated heterocycles. The van der Waals surface area contributed by atoms with Gasteiger partial charge in [0.2, 0.25) is 5.91 Å². The van der Waals surface area contributed by atoms with Crippen molar-refractivity contribution in [2.45, 2.75) is 20.4 Å². The third-order valence-corrected chi connectivity index (χ3v) is 3.41. The molecule has 0 aliphatic heterocycles. The largest absolute Gasteiger partial charge is 0.352 e. The summed E-state index contributed by atoms with van der Waals surface area (Å²) in [5, 5.41) is 6.06. The van der Waals surface area contributed by atoms with Gasteiger partial charge in [-0.15, -0.1) is 0 Å². The molecule has 1 amide bonds. The third-order valence-electron chi connectivity index (χ3n) is 2.92. The number of amides is 1. The molecule has 0 aliphatic rings. The zero-order chi connectivity index (χ0) is 13.5. The minimum absolute atomic E-state index is 0.0159. The van der Waals surface area contributed by atoms with Crippen LogP contribution in [-0.4, -0.2) is 19.5 Å². The molecule has 1 rings (SSSR count). The van der Waals surface area contributed by atoms with Crippen molar-refractivity contribution in [3.05, 3.63) is 34.3 Å². The van der Waals surface area contributed by atoms with E-state index >= 15 is 0 Å². The molecule has 100 valence electrons. The Hall–Kier alpha value is -0.870. The van der Waals surface area contributed by atoms with Gasteiger partial charge in [-0.05, 0) is 30.7 Å². The number of rotatable bonds is 6. The topological polar surface area (TPSA) is 41.1 Å². The molecular formula is C14H21BrN2O. The van der Waals surface area contributed by atoms with Crippen molar-refractivity contribution in [1.29, 1.82) is 0 Å². The normalized spacial score (nSPS) is 12.5. The Morgan fingerprint density at radius 3 is 2.67 bits per heavy atom. The lowest BCUT2D eigenvalue weighted by Crippen LogP contribution is -2.38. The van der Waals surface area contributed by atoms with Crippen molar-refractivity contribution >= 4 is 21.8 Å². The Bertz CT molecular complexity index is 393. The average Bonchev–Trinajstić information content (AvgIpc) is 2.32. The highest BCUT2D eigenvalue weighted by atomic mass is 79.9. The molecule has 1 aromatic rings. The minimum atomic E-state index is 0.0159. The number of hydrogen-bond acceptors (Lipinski definition) is 2. The predicted octanol–water partition coefficient (Wildman–Crippen LogP) is 2.56. The van der Waals surface area contributed by atoms with Crippen molar-refractivity contribution in [3.8, 4) is 0 Å². The Morgan fingerprint density at radius 2 is 2.11 bits per heavy atom. The van der Waals surface area contributed by atoms with Crippen LogP contribution in [0, 0.1) is 11.8 Å². The van der Waals surface area contributed by atoms with E-state index in [1.165, 1.54) is 0 Å². The van der Waals surface area contributed by atoms with E-state index in [0.717, 1.165) is 10.0 Å². The number of nitrogens with one attached hydrogen (secondary N) is 2. The Morgan fingerprint density at radius 1 is 1.39 bits per heavy atom. The molecule has 0 fully saturated rings. The van der Waals surface area contributed by atoms with Gasteiger partial charge in [0.1, 0.15) is 0 Å². The van der Waals surface area contributed by atoms with Gasteiger partial charge in [0.15, 0.2) is 0 Å². The molecular weight excluding hydrogens is 292 g/mol. The first-order valence-corrected chi connectivity index (χ1v) is 7.00. The summed E-state index contributed by atoms with van der Waals surface area (Å²) in [6, 6.07) is 7.97. The first-order chi connectivity index (χ1) is 8.54. The maximum Gasteiger partial charge on any atom is 0.224 e. The van der Waals surface area contributed by atoms with Gasteiger partial charge >= 0.3 is 0 Å². The summed E-state index contributed by atoms with van der Waals surface area (Å²) in [5.41, 5.74) is 1.10. The first kappa shape index (κ1) is 15.2. The van der Waals surface area contributed by atoms with Crippen LogP contribution in [-0.2, 0) is 11.3 Å². The molecule has 0 aliphatic carbocycles. The van der Waals surface area contributed by atoms with Crippen molar-refractivity contribution in [1.82, 2.24) is 10.6 Å². The van der Waals surface area contributed by atoms with Crippen LogP contribution in [0.2, 0.25) is 0 Å². The lowest BCUT2D eigenvalue weighted by Gasteiger charge is -2.19. The fourth-order valence-corrected chi connectivity index (χ4v) is 2.26. The SMILES string of the molecule is CNCC(C(=O)NCc1cccc(Br)c1)C(C)C. The molecule has 0 bridgehead atoms. The van der Waals surface area contributed by atoms with E-state index in [2.05, 4.69) is 40.4 Å². The summed E-state index contributed by atoms with van der Waals surface area (Å²) in [7, 11) is 1.87. The Kier molecular flexibility index (Phi) is 6.36. The van der Waals surface area contributed by atoms with Crippen LogP contribution >= 0.6 is 15.9 Å². The molecule has 0 aromatic heterocycles. The predicted molar refractivity (Wildman–Crippen MR) is 78.2 cm³/mol. The highest BCUT2D eigenvalue weighted by Crippen LogP contribution is 2.13. The number of benzene rings is 1. The average molecular weight is 313 g/mol. The van der Waals surface area contributed by atoms with Gasteiger partial charge in [0.05, 0.1) is 5.92 Å². The molecule has 1 atom stereocenters. The van der Waals surface area contributed by atoms with Gasteiger partial charge in [0, 0.05) is 17.6 Å². The van der Waals surface area contributed by atoms with E-state index in [0.29, 0.717) is 19.0 Å². The molecule has 2 N–H and O–H groups in total. The summed E-state index contributed by atoms with van der Waals surface area (Å²) >= 11 is 3.42. The second-order valence-electron chi connectivity index (χ2n) is 4.76. The molecule has 0 saturated carbocycles. The molecule has 3 nitrogen and oxygen atoms in total. The number of hydrogen-bond donors (Lipinski definition) is 2. The van der Waals surface area contributed by atoms with E-state index < -0.39 is 0 Å². The van der Waals surface area contributed by atoms with Gasteiger partial charge < -0.3 is 10.6 Å². The van der Waals surface area contributed by atoms with Crippen LogP contribution in [0.15, 0.2) is 28.7 Å². The molecule has 18 heavy (non-hydrogen) atoms. The summed E-state index contributed by atoms with van der Waals surface area (Å²) < 4.78 is 1.03. The van der Waals surface area contributed by atoms with Crippen LogP contribution in [0.1, 0.15) is 19.4 Å². The summed E-state index contributed by atoms with van der Waals surface area (Å²) in [4.78, 5) is 12.1. The van der Waals surface area contributed by atoms with Gasteiger partial charge in [-0.1, -0.05) is 41.9 Å². The molecule has 0 heterocycles. The number of carbonyl (C=O) groups is 1. The van der Waals surface area contributed by atoms with Crippen LogP contribution in [0.4, 0.5) is 0 Å². The molecule has 4 heteroatoms. The highest BCUT2D eigenvalue weighted by Gasteiger charge is 2.20. The van der Waals surface area contributed by atoms with E-state index in [1.54, 1.807) is 0 Å². The van der Waals surface area contributed by atoms with E-state index in [-0.39, 0.29) is 11.8 Å². The summed E-state index contributed by atoms with van der Waals surface area (Å²) in [6.07, 6.45) is 0. The molecule has 0 radical (unpaired) electrons. The standard InChI is InChI=1S/C14H21BrN2O/c1-10(2)13(9-16-3)14(18)17-8-11-5-4-6-12(15)7-11/h4-7,10,13,16H,8-9H2,1-3H3,(H,17,18). The second-order valence-corrected chi connectivity index (χ2v) is 5.67. The minimum Gasteiger partial charge on any atom is -0.352 e. The fraction of sp³-hybridized carbons (Fsp3) is 0.500. The zero-order valence-electron chi connectivity index (χ0n) is 11.2. The maximum atomic E-state index is 12.1. The van der Waals surface area contributed by atoms with E-state index in [1.807, 2.05) is 31.3 Å². The van der Waals surface area contributed by atoms with Gasteiger partial charge in [0.25, 0.3) is 0 Å². The smallest absolute Gasteiger partial charge is 0.224 e. The number of carbonyl (C=O) groups excluding carboxylic acids is 1. The first-order valence-electron chi connectivity index (χ1n) is 6.21. The number of halogens is 1.